The standard InChI is InChI=1S/C18H16Cl2N4O2/c19-13-8-15(20)17-23-14(11-24(17)10-13)6-7-21-16(25)9-22-18(26)12-4-2-1-3-5-12/h1-5,8,10-11H,6-7,9H2,(H,21,25)(H,22,26). The van der Waals surface area contributed by atoms with Crippen LogP contribution in [0.5, 0.6) is 0 Å². The first-order valence-electron chi connectivity index (χ1n) is 7.95. The van der Waals surface area contributed by atoms with Gasteiger partial charge in [0.1, 0.15) is 0 Å². The Labute approximate surface area is 160 Å². The zero-order chi connectivity index (χ0) is 18.5. The fourth-order valence-electron chi connectivity index (χ4n) is 2.44. The molecule has 2 heterocycles. The van der Waals surface area contributed by atoms with Crippen molar-refractivity contribution in [1.82, 2.24) is 20.0 Å². The van der Waals surface area contributed by atoms with Crippen LogP contribution in [-0.2, 0) is 11.2 Å². The molecule has 0 saturated carbocycles. The van der Waals surface area contributed by atoms with E-state index in [2.05, 4.69) is 15.6 Å². The van der Waals surface area contributed by atoms with Gasteiger partial charge < -0.3 is 15.0 Å². The highest BCUT2D eigenvalue weighted by atomic mass is 35.5. The Morgan fingerprint density at radius 1 is 1.08 bits per heavy atom. The van der Waals surface area contributed by atoms with Crippen LogP contribution in [0.3, 0.4) is 0 Å². The first-order valence-corrected chi connectivity index (χ1v) is 8.71. The molecule has 2 aromatic heterocycles. The monoisotopic (exact) mass is 390 g/mol. The molecule has 0 saturated heterocycles. The lowest BCUT2D eigenvalue weighted by atomic mass is 10.2. The number of fused-ring (bicyclic) bond motifs is 1. The Kier molecular flexibility index (Phi) is 5.75. The summed E-state index contributed by atoms with van der Waals surface area (Å²) in [6.45, 7) is 0.315. The summed E-state index contributed by atoms with van der Waals surface area (Å²) in [6, 6.07) is 10.4. The van der Waals surface area contributed by atoms with Gasteiger partial charge in [-0.25, -0.2) is 4.98 Å². The Morgan fingerprint density at radius 3 is 2.62 bits per heavy atom. The van der Waals surface area contributed by atoms with E-state index in [-0.39, 0.29) is 18.4 Å². The molecule has 2 amide bonds. The quantitative estimate of drug-likeness (QED) is 0.679. The van der Waals surface area contributed by atoms with E-state index in [0.29, 0.717) is 34.2 Å². The van der Waals surface area contributed by atoms with Crippen LogP contribution >= 0.6 is 23.2 Å². The maximum absolute atomic E-state index is 11.9. The number of halogens is 2. The van der Waals surface area contributed by atoms with E-state index in [1.807, 2.05) is 12.3 Å². The molecule has 0 fully saturated rings. The smallest absolute Gasteiger partial charge is 0.251 e. The number of pyridine rings is 1. The third kappa shape index (κ3) is 4.53. The molecule has 0 aliphatic carbocycles. The molecule has 3 rings (SSSR count). The van der Waals surface area contributed by atoms with Crippen molar-refractivity contribution in [3.05, 3.63) is 70.1 Å². The number of imidazole rings is 1. The van der Waals surface area contributed by atoms with E-state index in [9.17, 15) is 9.59 Å². The van der Waals surface area contributed by atoms with E-state index >= 15 is 0 Å². The van der Waals surface area contributed by atoms with Gasteiger partial charge in [-0.2, -0.15) is 0 Å². The number of nitrogens with one attached hydrogen (secondary N) is 2. The maximum atomic E-state index is 11.9. The number of amides is 2. The lowest BCUT2D eigenvalue weighted by Gasteiger charge is -2.06. The van der Waals surface area contributed by atoms with Crippen molar-refractivity contribution >= 4 is 40.7 Å². The third-order valence-electron chi connectivity index (χ3n) is 3.67. The van der Waals surface area contributed by atoms with Gasteiger partial charge in [-0.15, -0.1) is 0 Å². The summed E-state index contributed by atoms with van der Waals surface area (Å²) in [5.41, 5.74) is 1.91. The average Bonchev–Trinajstić information content (AvgIpc) is 3.03. The van der Waals surface area contributed by atoms with Crippen molar-refractivity contribution in [3.8, 4) is 0 Å². The zero-order valence-electron chi connectivity index (χ0n) is 13.7. The molecule has 0 spiro atoms. The molecular weight excluding hydrogens is 375 g/mol. The lowest BCUT2D eigenvalue weighted by molar-refractivity contribution is -0.120. The summed E-state index contributed by atoms with van der Waals surface area (Å²) >= 11 is 12.1. The Morgan fingerprint density at radius 2 is 1.85 bits per heavy atom. The molecule has 26 heavy (non-hydrogen) atoms. The summed E-state index contributed by atoms with van der Waals surface area (Å²) in [7, 11) is 0. The molecule has 134 valence electrons. The van der Waals surface area contributed by atoms with Gasteiger partial charge in [0.2, 0.25) is 5.91 Å². The van der Waals surface area contributed by atoms with Gasteiger partial charge in [-0.05, 0) is 18.2 Å². The molecule has 1 aromatic carbocycles. The van der Waals surface area contributed by atoms with Crippen molar-refractivity contribution in [2.45, 2.75) is 6.42 Å². The van der Waals surface area contributed by atoms with E-state index in [0.717, 1.165) is 5.69 Å². The second-order valence-corrected chi connectivity index (χ2v) is 6.46. The molecule has 6 nitrogen and oxygen atoms in total. The van der Waals surface area contributed by atoms with Gasteiger partial charge in [-0.1, -0.05) is 41.4 Å². The van der Waals surface area contributed by atoms with Gasteiger partial charge in [0, 0.05) is 30.9 Å². The van der Waals surface area contributed by atoms with Crippen LogP contribution in [0, 0.1) is 0 Å². The molecule has 0 aliphatic heterocycles. The van der Waals surface area contributed by atoms with E-state index < -0.39 is 0 Å². The minimum Gasteiger partial charge on any atom is -0.354 e. The van der Waals surface area contributed by atoms with E-state index in [1.165, 1.54) is 0 Å². The topological polar surface area (TPSA) is 75.5 Å². The van der Waals surface area contributed by atoms with E-state index in [1.54, 1.807) is 40.9 Å². The summed E-state index contributed by atoms with van der Waals surface area (Å²) in [5.74, 6) is -0.549. The molecule has 2 N–H and O–H groups in total. The normalized spacial score (nSPS) is 10.7. The van der Waals surface area contributed by atoms with Crippen molar-refractivity contribution in [3.63, 3.8) is 0 Å². The summed E-state index contributed by atoms with van der Waals surface area (Å²) in [5, 5.41) is 6.32. The van der Waals surface area contributed by atoms with Gasteiger partial charge in [0.25, 0.3) is 5.91 Å². The summed E-state index contributed by atoms with van der Waals surface area (Å²) in [4.78, 5) is 28.1. The number of carbonyl (C=O) groups is 2. The highest BCUT2D eigenvalue weighted by Gasteiger charge is 2.09. The zero-order valence-corrected chi connectivity index (χ0v) is 15.2. The largest absolute Gasteiger partial charge is 0.354 e. The number of hydrogen-bond donors (Lipinski definition) is 2. The minimum atomic E-state index is -0.285. The van der Waals surface area contributed by atoms with Crippen LogP contribution in [0.4, 0.5) is 0 Å². The summed E-state index contributed by atoms with van der Waals surface area (Å²) in [6.07, 6.45) is 4.07. The van der Waals surface area contributed by atoms with Crippen LogP contribution in [0.15, 0.2) is 48.8 Å². The Hall–Kier alpha value is -2.57. The second-order valence-electron chi connectivity index (χ2n) is 5.62. The predicted molar refractivity (Wildman–Crippen MR) is 101 cm³/mol. The van der Waals surface area contributed by atoms with Crippen LogP contribution in [0.2, 0.25) is 10.0 Å². The third-order valence-corrected chi connectivity index (χ3v) is 4.16. The Bertz CT molecular complexity index is 941. The number of benzene rings is 1. The van der Waals surface area contributed by atoms with Crippen LogP contribution < -0.4 is 10.6 Å². The highest BCUT2D eigenvalue weighted by molar-refractivity contribution is 6.36. The van der Waals surface area contributed by atoms with Crippen LogP contribution in [0.1, 0.15) is 16.1 Å². The van der Waals surface area contributed by atoms with Gasteiger partial charge in [-0.3, -0.25) is 9.59 Å². The van der Waals surface area contributed by atoms with Gasteiger partial charge >= 0.3 is 0 Å². The fourth-order valence-corrected chi connectivity index (χ4v) is 2.97. The average molecular weight is 391 g/mol. The van der Waals surface area contributed by atoms with Crippen LogP contribution in [-0.4, -0.2) is 34.3 Å². The fraction of sp³-hybridized carbons (Fsp3) is 0.167. The predicted octanol–water partition coefficient (Wildman–Crippen LogP) is 2.73. The maximum Gasteiger partial charge on any atom is 0.251 e. The summed E-state index contributed by atoms with van der Waals surface area (Å²) < 4.78 is 1.75. The number of carbonyl (C=O) groups excluding carboxylic acids is 2. The molecule has 0 atom stereocenters. The molecule has 0 bridgehead atoms. The molecule has 0 radical (unpaired) electrons. The molecular formula is C18H16Cl2N4O2. The van der Waals surface area contributed by atoms with Crippen molar-refractivity contribution in [1.29, 1.82) is 0 Å². The van der Waals surface area contributed by atoms with Gasteiger partial charge in [0.15, 0.2) is 5.65 Å². The van der Waals surface area contributed by atoms with Crippen molar-refractivity contribution in [2.24, 2.45) is 0 Å². The second kappa shape index (κ2) is 8.21. The number of aromatic nitrogens is 2. The van der Waals surface area contributed by atoms with Crippen molar-refractivity contribution in [2.75, 3.05) is 13.1 Å². The molecule has 0 aliphatic rings. The first kappa shape index (κ1) is 18.2. The SMILES string of the molecule is O=C(CNC(=O)c1ccccc1)NCCc1cn2cc(Cl)cc(Cl)c2n1. The number of nitrogens with zero attached hydrogens (tertiary/aromatic N) is 2. The molecule has 8 heteroatoms. The molecule has 0 unspecified atom stereocenters. The van der Waals surface area contributed by atoms with Crippen LogP contribution in [0.25, 0.3) is 5.65 Å². The number of hydrogen-bond acceptors (Lipinski definition) is 3. The minimum absolute atomic E-state index is 0.0830. The van der Waals surface area contributed by atoms with E-state index in [4.69, 9.17) is 23.2 Å². The highest BCUT2D eigenvalue weighted by Crippen LogP contribution is 2.21. The Balaban J connectivity index is 1.46. The number of rotatable bonds is 6. The van der Waals surface area contributed by atoms with Gasteiger partial charge in [0.05, 0.1) is 22.3 Å². The lowest BCUT2D eigenvalue weighted by Crippen LogP contribution is -2.37. The molecule has 3 aromatic rings. The van der Waals surface area contributed by atoms with Crippen molar-refractivity contribution < 1.29 is 9.59 Å². The first-order chi connectivity index (χ1) is 12.5.